The Labute approximate surface area is 118 Å². The van der Waals surface area contributed by atoms with Crippen LogP contribution in [0, 0.1) is 6.92 Å². The molecule has 0 aliphatic carbocycles. The van der Waals surface area contributed by atoms with E-state index in [9.17, 15) is 0 Å². The Hall–Kier alpha value is -2.01. The first kappa shape index (κ1) is 13.0. The quantitative estimate of drug-likeness (QED) is 0.896. The first-order valence-electron chi connectivity index (χ1n) is 7.04. The SMILES string of the molecule is Cc1cc(Nc2ncccn2)cc([C@H]2CCCNC2)n1. The number of aromatic nitrogens is 3. The lowest BCUT2D eigenvalue weighted by atomic mass is 9.95. The largest absolute Gasteiger partial charge is 0.324 e. The molecule has 0 bridgehead atoms. The molecule has 0 amide bonds. The molecule has 5 heteroatoms. The number of rotatable bonds is 3. The predicted molar refractivity (Wildman–Crippen MR) is 79.1 cm³/mol. The average molecular weight is 269 g/mol. The van der Waals surface area contributed by atoms with Crippen LogP contribution in [0.2, 0.25) is 0 Å². The second-order valence-electron chi connectivity index (χ2n) is 5.16. The second kappa shape index (κ2) is 5.96. The third-order valence-corrected chi connectivity index (χ3v) is 3.51. The van der Waals surface area contributed by atoms with Crippen LogP contribution in [0.3, 0.4) is 0 Å². The summed E-state index contributed by atoms with van der Waals surface area (Å²) in [5.74, 6) is 1.12. The first-order chi connectivity index (χ1) is 9.81. The van der Waals surface area contributed by atoms with Crippen molar-refractivity contribution in [2.24, 2.45) is 0 Å². The molecule has 1 fully saturated rings. The summed E-state index contributed by atoms with van der Waals surface area (Å²) < 4.78 is 0. The molecule has 5 nitrogen and oxygen atoms in total. The molecule has 3 heterocycles. The molecule has 2 aromatic heterocycles. The van der Waals surface area contributed by atoms with Crippen molar-refractivity contribution in [1.29, 1.82) is 0 Å². The van der Waals surface area contributed by atoms with Crippen LogP contribution in [0.15, 0.2) is 30.6 Å². The number of pyridine rings is 1. The van der Waals surface area contributed by atoms with Crippen molar-refractivity contribution in [3.63, 3.8) is 0 Å². The van der Waals surface area contributed by atoms with Gasteiger partial charge in [-0.15, -0.1) is 0 Å². The van der Waals surface area contributed by atoms with Gasteiger partial charge < -0.3 is 10.6 Å². The van der Waals surface area contributed by atoms with Gasteiger partial charge in [-0.1, -0.05) is 0 Å². The topological polar surface area (TPSA) is 62.7 Å². The molecule has 3 rings (SSSR count). The van der Waals surface area contributed by atoms with E-state index in [1.54, 1.807) is 12.4 Å². The van der Waals surface area contributed by atoms with Crippen LogP contribution >= 0.6 is 0 Å². The monoisotopic (exact) mass is 269 g/mol. The highest BCUT2D eigenvalue weighted by Crippen LogP contribution is 2.25. The Balaban J connectivity index is 1.82. The second-order valence-corrected chi connectivity index (χ2v) is 5.16. The molecule has 0 saturated carbocycles. The predicted octanol–water partition coefficient (Wildman–Crippen LogP) is 2.39. The molecule has 0 unspecified atom stereocenters. The van der Waals surface area contributed by atoms with Gasteiger partial charge in [0, 0.05) is 41.9 Å². The fourth-order valence-electron chi connectivity index (χ4n) is 2.57. The van der Waals surface area contributed by atoms with E-state index in [-0.39, 0.29) is 0 Å². The molecular weight excluding hydrogens is 250 g/mol. The Kier molecular flexibility index (Phi) is 3.87. The van der Waals surface area contributed by atoms with Crippen molar-refractivity contribution in [2.45, 2.75) is 25.7 Å². The molecule has 0 radical (unpaired) electrons. The molecule has 104 valence electrons. The summed E-state index contributed by atoms with van der Waals surface area (Å²) in [6, 6.07) is 5.94. The van der Waals surface area contributed by atoms with Crippen molar-refractivity contribution < 1.29 is 0 Å². The van der Waals surface area contributed by atoms with Gasteiger partial charge in [0.05, 0.1) is 0 Å². The maximum Gasteiger partial charge on any atom is 0.227 e. The maximum absolute atomic E-state index is 4.68. The molecule has 1 atom stereocenters. The number of piperidine rings is 1. The van der Waals surface area contributed by atoms with Gasteiger partial charge in [-0.3, -0.25) is 4.98 Å². The van der Waals surface area contributed by atoms with Crippen LogP contribution in [0.25, 0.3) is 0 Å². The van der Waals surface area contributed by atoms with Crippen molar-refractivity contribution in [3.05, 3.63) is 42.0 Å². The third-order valence-electron chi connectivity index (χ3n) is 3.51. The number of anilines is 2. The Morgan fingerprint density at radius 2 is 2.10 bits per heavy atom. The van der Waals surface area contributed by atoms with Crippen molar-refractivity contribution in [2.75, 3.05) is 18.4 Å². The first-order valence-corrected chi connectivity index (χ1v) is 7.04. The lowest BCUT2D eigenvalue weighted by Crippen LogP contribution is -2.29. The summed E-state index contributed by atoms with van der Waals surface area (Å²) in [5, 5.41) is 6.68. The minimum absolute atomic E-state index is 0.501. The van der Waals surface area contributed by atoms with Gasteiger partial charge >= 0.3 is 0 Å². The zero-order chi connectivity index (χ0) is 13.8. The fourth-order valence-corrected chi connectivity index (χ4v) is 2.57. The van der Waals surface area contributed by atoms with Gasteiger partial charge in [0.1, 0.15) is 0 Å². The molecule has 2 N–H and O–H groups in total. The number of hydrogen-bond acceptors (Lipinski definition) is 5. The van der Waals surface area contributed by atoms with Crippen molar-refractivity contribution in [1.82, 2.24) is 20.3 Å². The van der Waals surface area contributed by atoms with E-state index in [1.165, 1.54) is 12.8 Å². The number of nitrogens with zero attached hydrogens (tertiary/aromatic N) is 3. The van der Waals surface area contributed by atoms with Crippen LogP contribution < -0.4 is 10.6 Å². The van der Waals surface area contributed by atoms with Gasteiger partial charge in [-0.25, -0.2) is 9.97 Å². The maximum atomic E-state index is 4.68. The number of hydrogen-bond donors (Lipinski definition) is 2. The van der Waals surface area contributed by atoms with Gasteiger partial charge in [0.2, 0.25) is 5.95 Å². The molecular formula is C15H19N5. The highest BCUT2D eigenvalue weighted by atomic mass is 15.1. The number of aryl methyl sites for hydroxylation is 1. The van der Waals surface area contributed by atoms with Crippen molar-refractivity contribution >= 4 is 11.6 Å². The molecule has 0 aromatic carbocycles. The summed E-state index contributed by atoms with van der Waals surface area (Å²) in [4.78, 5) is 13.1. The molecule has 1 aliphatic rings. The summed E-state index contributed by atoms with van der Waals surface area (Å²) in [7, 11) is 0. The van der Waals surface area contributed by atoms with Gasteiger partial charge in [0.15, 0.2) is 0 Å². The van der Waals surface area contributed by atoms with Crippen LogP contribution in [-0.2, 0) is 0 Å². The third kappa shape index (κ3) is 3.11. The average Bonchev–Trinajstić information content (AvgIpc) is 2.49. The Morgan fingerprint density at radius 1 is 1.25 bits per heavy atom. The van der Waals surface area contributed by atoms with E-state index in [0.29, 0.717) is 11.9 Å². The zero-order valence-electron chi connectivity index (χ0n) is 11.6. The highest BCUT2D eigenvalue weighted by Gasteiger charge is 2.17. The van der Waals surface area contributed by atoms with E-state index in [2.05, 4.69) is 31.7 Å². The highest BCUT2D eigenvalue weighted by molar-refractivity contribution is 5.54. The fraction of sp³-hybridized carbons (Fsp3) is 0.400. The van der Waals surface area contributed by atoms with Gasteiger partial charge in [-0.05, 0) is 44.5 Å². The van der Waals surface area contributed by atoms with E-state index in [1.807, 2.05) is 19.1 Å². The van der Waals surface area contributed by atoms with Crippen LogP contribution in [0.4, 0.5) is 11.6 Å². The number of nitrogens with one attached hydrogen (secondary N) is 2. The minimum atomic E-state index is 0.501. The molecule has 0 spiro atoms. The van der Waals surface area contributed by atoms with Crippen molar-refractivity contribution in [3.8, 4) is 0 Å². The summed E-state index contributed by atoms with van der Waals surface area (Å²) in [5.41, 5.74) is 3.17. The summed E-state index contributed by atoms with van der Waals surface area (Å²) in [6.07, 6.45) is 5.88. The smallest absolute Gasteiger partial charge is 0.227 e. The standard InChI is InChI=1S/C15H19N5/c1-11-8-13(20-15-17-6-3-7-18-15)9-14(19-11)12-4-2-5-16-10-12/h3,6-9,12,16H,2,4-5,10H2,1H3,(H,17,18,19,20)/t12-/m0/s1. The Bertz CT molecular complexity index is 564. The molecule has 1 saturated heterocycles. The van der Waals surface area contributed by atoms with E-state index in [0.717, 1.165) is 30.2 Å². The van der Waals surface area contributed by atoms with Crippen LogP contribution in [-0.4, -0.2) is 28.0 Å². The van der Waals surface area contributed by atoms with Crippen LogP contribution in [0.1, 0.15) is 30.1 Å². The van der Waals surface area contributed by atoms with Gasteiger partial charge in [-0.2, -0.15) is 0 Å². The molecule has 2 aromatic rings. The summed E-state index contributed by atoms with van der Waals surface area (Å²) >= 11 is 0. The minimum Gasteiger partial charge on any atom is -0.324 e. The summed E-state index contributed by atoms with van der Waals surface area (Å²) in [6.45, 7) is 4.15. The zero-order valence-corrected chi connectivity index (χ0v) is 11.6. The van der Waals surface area contributed by atoms with E-state index < -0.39 is 0 Å². The Morgan fingerprint density at radius 3 is 2.85 bits per heavy atom. The lowest BCUT2D eigenvalue weighted by Gasteiger charge is -2.23. The van der Waals surface area contributed by atoms with E-state index >= 15 is 0 Å². The van der Waals surface area contributed by atoms with E-state index in [4.69, 9.17) is 0 Å². The van der Waals surface area contributed by atoms with Gasteiger partial charge in [0.25, 0.3) is 0 Å². The lowest BCUT2D eigenvalue weighted by molar-refractivity contribution is 0.454. The molecule has 1 aliphatic heterocycles. The normalized spacial score (nSPS) is 18.8. The van der Waals surface area contributed by atoms with Crippen LogP contribution in [0.5, 0.6) is 0 Å². The molecule has 20 heavy (non-hydrogen) atoms.